The zero-order valence-electron chi connectivity index (χ0n) is 25.9. The van der Waals surface area contributed by atoms with Gasteiger partial charge in [0.15, 0.2) is 16.9 Å². The maximum absolute atomic E-state index is 13.1. The highest BCUT2D eigenvalue weighted by molar-refractivity contribution is 5.98. The summed E-state index contributed by atoms with van der Waals surface area (Å²) in [6.07, 6.45) is -0.730. The topological polar surface area (TPSA) is 154 Å². The molecule has 12 heteroatoms. The Balaban J connectivity index is 1.80. The van der Waals surface area contributed by atoms with E-state index in [0.29, 0.717) is 17.0 Å². The zero-order chi connectivity index (χ0) is 32.1. The molecule has 0 radical (unpaired) electrons. The van der Waals surface area contributed by atoms with E-state index in [9.17, 15) is 19.2 Å². The van der Waals surface area contributed by atoms with Gasteiger partial charge in [-0.25, -0.2) is 4.79 Å². The number of amides is 3. The molecule has 2 aromatic carbocycles. The average Bonchev–Trinajstić information content (AvgIpc) is 2.93. The van der Waals surface area contributed by atoms with E-state index in [1.807, 2.05) is 0 Å². The fraction of sp³-hybridized carbons (Fsp3) is 0.419. The number of anilines is 1. The Kier molecular flexibility index (Phi) is 10.3. The van der Waals surface area contributed by atoms with Crippen LogP contribution < -0.4 is 35.6 Å². The largest absolute Gasteiger partial charge is 0.493 e. The van der Waals surface area contributed by atoms with Gasteiger partial charge in [0, 0.05) is 23.4 Å². The van der Waals surface area contributed by atoms with Crippen LogP contribution in [0.15, 0.2) is 45.6 Å². The second-order valence-electron chi connectivity index (χ2n) is 11.2. The number of carbonyl (C=O) groups is 3. The monoisotopic (exact) mass is 597 g/mol. The van der Waals surface area contributed by atoms with E-state index in [1.165, 1.54) is 34.3 Å². The molecule has 3 aromatic rings. The van der Waals surface area contributed by atoms with Crippen LogP contribution in [0.4, 0.5) is 10.5 Å². The first kappa shape index (κ1) is 32.8. The predicted molar refractivity (Wildman–Crippen MR) is 162 cm³/mol. The van der Waals surface area contributed by atoms with E-state index in [0.717, 1.165) is 0 Å². The van der Waals surface area contributed by atoms with Gasteiger partial charge in [-0.05, 0) is 45.7 Å². The highest BCUT2D eigenvalue weighted by atomic mass is 16.6. The lowest BCUT2D eigenvalue weighted by Gasteiger charge is -2.26. The van der Waals surface area contributed by atoms with Crippen molar-refractivity contribution in [1.29, 1.82) is 0 Å². The molecule has 1 aromatic heterocycles. The molecule has 3 amide bonds. The molecule has 0 unspecified atom stereocenters. The van der Waals surface area contributed by atoms with Gasteiger partial charge < -0.3 is 39.3 Å². The van der Waals surface area contributed by atoms with Crippen LogP contribution in [-0.2, 0) is 14.3 Å². The van der Waals surface area contributed by atoms with Crippen molar-refractivity contribution in [2.45, 2.75) is 59.2 Å². The molecule has 0 fully saturated rings. The molecule has 3 N–H and O–H groups in total. The molecule has 1 heterocycles. The molecule has 3 rings (SSSR count). The molecular weight excluding hydrogens is 558 g/mol. The standard InChI is InChI=1S/C31H39N3O9/c1-16(2)25(34-30(38)43-31(4,5)6)29(37)32-17(3)28(36)33-19-12-10-11-18(13-19)21-14-20(35)24-22(42-21)15-23(39-7)26(40-8)27(24)41-9/h10-17,25H,1-9H3,(H,32,37)(H,33,36)(H,34,38)/t17-,25-/m0/s1. The Labute approximate surface area is 250 Å². The molecule has 0 bridgehead atoms. The number of benzene rings is 2. The van der Waals surface area contributed by atoms with Crippen molar-refractivity contribution in [2.24, 2.45) is 5.92 Å². The highest BCUT2D eigenvalue weighted by Gasteiger charge is 2.29. The van der Waals surface area contributed by atoms with Crippen LogP contribution in [0.2, 0.25) is 0 Å². The molecule has 0 saturated carbocycles. The van der Waals surface area contributed by atoms with Gasteiger partial charge in [0.1, 0.15) is 34.4 Å². The molecule has 232 valence electrons. The van der Waals surface area contributed by atoms with Gasteiger partial charge in [0.25, 0.3) is 0 Å². The summed E-state index contributed by atoms with van der Waals surface area (Å²) in [4.78, 5) is 51.3. The SMILES string of the molecule is COc1cc2oc(-c3cccc(NC(=O)[C@H](C)NC(=O)[C@@H](NC(=O)OC(C)(C)C)C(C)C)c3)cc(=O)c2c(OC)c1OC. The van der Waals surface area contributed by atoms with E-state index >= 15 is 0 Å². The highest BCUT2D eigenvalue weighted by Crippen LogP contribution is 2.42. The molecule has 0 aliphatic carbocycles. The second kappa shape index (κ2) is 13.5. The third-order valence-corrected chi connectivity index (χ3v) is 6.31. The van der Waals surface area contributed by atoms with Gasteiger partial charge in [-0.2, -0.15) is 0 Å². The first-order chi connectivity index (χ1) is 20.2. The maximum atomic E-state index is 13.1. The number of carbonyl (C=O) groups excluding carboxylic acids is 3. The molecule has 2 atom stereocenters. The van der Waals surface area contributed by atoms with Crippen molar-refractivity contribution < 1.29 is 37.7 Å². The van der Waals surface area contributed by atoms with Crippen molar-refractivity contribution in [3.63, 3.8) is 0 Å². The first-order valence-corrected chi connectivity index (χ1v) is 13.7. The lowest BCUT2D eigenvalue weighted by atomic mass is 10.0. The van der Waals surface area contributed by atoms with Crippen LogP contribution in [0, 0.1) is 5.92 Å². The fourth-order valence-electron chi connectivity index (χ4n) is 4.27. The van der Waals surface area contributed by atoms with Gasteiger partial charge in [-0.1, -0.05) is 26.0 Å². The van der Waals surface area contributed by atoms with Crippen LogP contribution in [-0.4, -0.2) is 56.9 Å². The quantitative estimate of drug-likeness (QED) is 0.307. The summed E-state index contributed by atoms with van der Waals surface area (Å²) >= 11 is 0. The Bertz CT molecular complexity index is 1560. The Hall–Kier alpha value is -4.74. The van der Waals surface area contributed by atoms with Gasteiger partial charge in [0.05, 0.1) is 21.3 Å². The summed E-state index contributed by atoms with van der Waals surface area (Å²) < 4.78 is 27.5. The molecule has 0 spiro atoms. The van der Waals surface area contributed by atoms with E-state index in [4.69, 9.17) is 23.4 Å². The molecular formula is C31H39N3O9. The Morgan fingerprint density at radius 2 is 1.53 bits per heavy atom. The van der Waals surface area contributed by atoms with Gasteiger partial charge in [-0.3, -0.25) is 14.4 Å². The van der Waals surface area contributed by atoms with E-state index < -0.39 is 35.6 Å². The molecule has 0 aliphatic heterocycles. The van der Waals surface area contributed by atoms with E-state index in [-0.39, 0.29) is 39.6 Å². The lowest BCUT2D eigenvalue weighted by Crippen LogP contribution is -2.54. The van der Waals surface area contributed by atoms with Crippen molar-refractivity contribution in [1.82, 2.24) is 10.6 Å². The van der Waals surface area contributed by atoms with Crippen molar-refractivity contribution in [3.8, 4) is 28.6 Å². The second-order valence-corrected chi connectivity index (χ2v) is 11.2. The normalized spacial score (nSPS) is 12.7. The zero-order valence-corrected chi connectivity index (χ0v) is 25.9. The number of hydrogen-bond acceptors (Lipinski definition) is 9. The minimum atomic E-state index is -0.939. The maximum Gasteiger partial charge on any atom is 0.408 e. The number of hydrogen-bond donors (Lipinski definition) is 3. The third kappa shape index (κ3) is 7.97. The average molecular weight is 598 g/mol. The summed E-state index contributed by atoms with van der Waals surface area (Å²) in [5.41, 5.74) is 0.0566. The molecule has 0 aliphatic rings. The van der Waals surface area contributed by atoms with Gasteiger partial charge >= 0.3 is 6.09 Å². The summed E-state index contributed by atoms with van der Waals surface area (Å²) in [6, 6.07) is 7.71. The minimum Gasteiger partial charge on any atom is -0.493 e. The van der Waals surface area contributed by atoms with E-state index in [2.05, 4.69) is 16.0 Å². The fourth-order valence-corrected chi connectivity index (χ4v) is 4.27. The molecule has 43 heavy (non-hydrogen) atoms. The number of methoxy groups -OCH3 is 3. The van der Waals surface area contributed by atoms with Crippen molar-refractivity contribution in [3.05, 3.63) is 46.6 Å². The van der Waals surface area contributed by atoms with Crippen LogP contribution in [0.25, 0.3) is 22.3 Å². The van der Waals surface area contributed by atoms with Gasteiger partial charge in [0.2, 0.25) is 17.6 Å². The number of ether oxygens (including phenoxy) is 4. The predicted octanol–water partition coefficient (Wildman–Crippen LogP) is 4.48. The van der Waals surface area contributed by atoms with Crippen LogP contribution in [0.3, 0.4) is 0 Å². The van der Waals surface area contributed by atoms with Crippen molar-refractivity contribution in [2.75, 3.05) is 26.6 Å². The Morgan fingerprint density at radius 3 is 2.12 bits per heavy atom. The number of nitrogens with one attached hydrogen (secondary N) is 3. The lowest BCUT2D eigenvalue weighted by molar-refractivity contribution is -0.128. The first-order valence-electron chi connectivity index (χ1n) is 13.7. The van der Waals surface area contributed by atoms with E-state index in [1.54, 1.807) is 65.0 Å². The summed E-state index contributed by atoms with van der Waals surface area (Å²) in [6.45, 7) is 10.2. The minimum absolute atomic E-state index is 0.190. The number of alkyl carbamates (subject to hydrolysis) is 1. The van der Waals surface area contributed by atoms with Crippen LogP contribution >= 0.6 is 0 Å². The van der Waals surface area contributed by atoms with Gasteiger partial charge in [-0.15, -0.1) is 0 Å². The summed E-state index contributed by atoms with van der Waals surface area (Å²) in [7, 11) is 4.32. The van der Waals surface area contributed by atoms with Crippen molar-refractivity contribution >= 4 is 34.6 Å². The Morgan fingerprint density at radius 1 is 0.860 bits per heavy atom. The molecule has 12 nitrogen and oxygen atoms in total. The van der Waals surface area contributed by atoms with Crippen LogP contribution in [0.1, 0.15) is 41.5 Å². The van der Waals surface area contributed by atoms with Crippen LogP contribution in [0.5, 0.6) is 17.2 Å². The summed E-state index contributed by atoms with van der Waals surface area (Å²) in [5.74, 6) is -0.261. The number of fused-ring (bicyclic) bond motifs is 1. The number of rotatable bonds is 10. The third-order valence-electron chi connectivity index (χ3n) is 6.31. The smallest absolute Gasteiger partial charge is 0.408 e. The molecule has 0 saturated heterocycles. The summed E-state index contributed by atoms with van der Waals surface area (Å²) in [5, 5.41) is 8.16.